The first-order chi connectivity index (χ1) is 9.92. The number of rotatable bonds is 2. The number of aromatic nitrogens is 2. The summed E-state index contributed by atoms with van der Waals surface area (Å²) in [5.41, 5.74) is 2.02. The van der Waals surface area contributed by atoms with Crippen molar-refractivity contribution in [3.05, 3.63) is 59.3 Å². The Labute approximate surface area is 124 Å². The molecule has 0 aliphatic heterocycles. The average molecular weight is 294 g/mol. The van der Waals surface area contributed by atoms with Crippen LogP contribution in [0.2, 0.25) is 0 Å². The fourth-order valence-electron chi connectivity index (χ4n) is 2.19. The Balaban J connectivity index is 2.05. The van der Waals surface area contributed by atoms with Crippen molar-refractivity contribution in [1.82, 2.24) is 9.97 Å². The number of hydrogen-bond donors (Lipinski definition) is 0. The van der Waals surface area contributed by atoms with Crippen LogP contribution in [0.3, 0.4) is 0 Å². The smallest absolute Gasteiger partial charge is 0.170 e. The van der Waals surface area contributed by atoms with E-state index in [1.807, 2.05) is 24.3 Å². The van der Waals surface area contributed by atoms with Gasteiger partial charge in [0.2, 0.25) is 0 Å². The van der Waals surface area contributed by atoms with E-state index in [0.717, 1.165) is 27.3 Å². The first-order valence-electron chi connectivity index (χ1n) is 6.26. The van der Waals surface area contributed by atoms with Gasteiger partial charge < -0.3 is 0 Å². The predicted molar refractivity (Wildman–Crippen MR) is 86.2 cm³/mol. The van der Waals surface area contributed by atoms with Crippen molar-refractivity contribution < 1.29 is 0 Å². The van der Waals surface area contributed by atoms with E-state index in [9.17, 15) is 0 Å². The van der Waals surface area contributed by atoms with E-state index in [4.69, 9.17) is 9.97 Å². The van der Waals surface area contributed by atoms with Gasteiger partial charge in [0.15, 0.2) is 5.82 Å². The number of nitrogens with zero attached hydrogens (tertiary/aromatic N) is 2. The molecule has 96 valence electrons. The molecule has 0 aliphatic rings. The Morgan fingerprint density at radius 1 is 0.700 bits per heavy atom. The van der Waals surface area contributed by atoms with Gasteiger partial charge in [-0.25, -0.2) is 9.97 Å². The number of hydrogen-bond acceptors (Lipinski definition) is 4. The third-order valence-corrected chi connectivity index (χ3v) is 4.84. The molecule has 0 spiro atoms. The van der Waals surface area contributed by atoms with Crippen molar-refractivity contribution in [3.8, 4) is 21.3 Å². The van der Waals surface area contributed by atoms with Crippen LogP contribution < -0.4 is 0 Å². The molecule has 3 heterocycles. The van der Waals surface area contributed by atoms with Crippen molar-refractivity contribution in [2.24, 2.45) is 0 Å². The van der Waals surface area contributed by atoms with Gasteiger partial charge in [-0.05, 0) is 29.0 Å². The molecule has 4 rings (SSSR count). The van der Waals surface area contributed by atoms with E-state index < -0.39 is 0 Å². The third kappa shape index (κ3) is 1.94. The first kappa shape index (κ1) is 11.8. The second-order valence-electron chi connectivity index (χ2n) is 4.37. The molecule has 0 atom stereocenters. The van der Waals surface area contributed by atoms with Gasteiger partial charge in [-0.2, -0.15) is 0 Å². The van der Waals surface area contributed by atoms with Crippen LogP contribution in [-0.2, 0) is 0 Å². The topological polar surface area (TPSA) is 25.8 Å². The SMILES string of the molecule is c1csc(-c2nc(-c3cccs3)c3ccccc3n2)c1. The molecule has 0 N–H and O–H groups in total. The second-order valence-corrected chi connectivity index (χ2v) is 6.26. The summed E-state index contributed by atoms with van der Waals surface area (Å²) >= 11 is 3.38. The van der Waals surface area contributed by atoms with Gasteiger partial charge in [-0.1, -0.05) is 30.3 Å². The molecule has 0 aliphatic carbocycles. The Hall–Kier alpha value is -2.04. The minimum Gasteiger partial charge on any atom is -0.227 e. The zero-order chi connectivity index (χ0) is 13.4. The zero-order valence-corrected chi connectivity index (χ0v) is 12.1. The highest BCUT2D eigenvalue weighted by Gasteiger charge is 2.11. The van der Waals surface area contributed by atoms with Crippen LogP contribution in [0, 0.1) is 0 Å². The summed E-state index contributed by atoms with van der Waals surface area (Å²) in [6, 6.07) is 16.4. The van der Waals surface area contributed by atoms with Crippen molar-refractivity contribution in [3.63, 3.8) is 0 Å². The highest BCUT2D eigenvalue weighted by molar-refractivity contribution is 7.14. The Morgan fingerprint density at radius 2 is 1.45 bits per heavy atom. The first-order valence-corrected chi connectivity index (χ1v) is 8.02. The number of thiophene rings is 2. The second kappa shape index (κ2) is 4.81. The lowest BCUT2D eigenvalue weighted by Crippen LogP contribution is -1.92. The van der Waals surface area contributed by atoms with Gasteiger partial charge in [0.05, 0.1) is 21.0 Å². The molecule has 4 heteroatoms. The monoisotopic (exact) mass is 294 g/mol. The third-order valence-electron chi connectivity index (χ3n) is 3.10. The summed E-state index contributed by atoms with van der Waals surface area (Å²) in [6.45, 7) is 0. The van der Waals surface area contributed by atoms with E-state index in [0.29, 0.717) is 0 Å². The van der Waals surface area contributed by atoms with Gasteiger partial charge in [-0.3, -0.25) is 0 Å². The zero-order valence-electron chi connectivity index (χ0n) is 10.5. The molecule has 2 nitrogen and oxygen atoms in total. The molecule has 0 saturated carbocycles. The van der Waals surface area contributed by atoms with Gasteiger partial charge in [0.1, 0.15) is 0 Å². The summed E-state index contributed by atoms with van der Waals surface area (Å²) in [4.78, 5) is 11.8. The maximum absolute atomic E-state index is 4.80. The van der Waals surface area contributed by atoms with E-state index in [1.54, 1.807) is 22.7 Å². The van der Waals surface area contributed by atoms with E-state index in [-0.39, 0.29) is 0 Å². The summed E-state index contributed by atoms with van der Waals surface area (Å²) in [7, 11) is 0. The molecular weight excluding hydrogens is 284 g/mol. The maximum atomic E-state index is 4.80. The van der Waals surface area contributed by atoms with Gasteiger partial charge in [-0.15, -0.1) is 22.7 Å². The van der Waals surface area contributed by atoms with Crippen molar-refractivity contribution in [2.75, 3.05) is 0 Å². The van der Waals surface area contributed by atoms with Crippen LogP contribution in [0.25, 0.3) is 32.2 Å². The number of fused-ring (bicyclic) bond motifs is 1. The van der Waals surface area contributed by atoms with Gasteiger partial charge in [0.25, 0.3) is 0 Å². The van der Waals surface area contributed by atoms with Gasteiger partial charge >= 0.3 is 0 Å². The molecule has 4 aromatic rings. The summed E-state index contributed by atoms with van der Waals surface area (Å²) in [6.07, 6.45) is 0. The minimum atomic E-state index is 0.808. The lowest BCUT2D eigenvalue weighted by molar-refractivity contribution is 1.25. The summed E-state index contributed by atoms with van der Waals surface area (Å²) in [5, 5.41) is 5.24. The molecule has 0 amide bonds. The molecule has 0 radical (unpaired) electrons. The normalized spacial score (nSPS) is 11.0. The molecule has 3 aromatic heterocycles. The van der Waals surface area contributed by atoms with Gasteiger partial charge in [0, 0.05) is 5.39 Å². The van der Waals surface area contributed by atoms with E-state index in [2.05, 4.69) is 35.0 Å². The fourth-order valence-corrected chi connectivity index (χ4v) is 3.58. The summed E-state index contributed by atoms with van der Waals surface area (Å²) in [5.74, 6) is 0.808. The average Bonchev–Trinajstić information content (AvgIpc) is 3.19. The summed E-state index contributed by atoms with van der Waals surface area (Å²) < 4.78 is 0. The van der Waals surface area contributed by atoms with Crippen LogP contribution in [0.4, 0.5) is 0 Å². The highest BCUT2D eigenvalue weighted by Crippen LogP contribution is 2.32. The molecule has 0 saturated heterocycles. The lowest BCUT2D eigenvalue weighted by atomic mass is 10.1. The molecule has 20 heavy (non-hydrogen) atoms. The Bertz CT molecular complexity index is 849. The van der Waals surface area contributed by atoms with Crippen LogP contribution in [0.5, 0.6) is 0 Å². The largest absolute Gasteiger partial charge is 0.227 e. The van der Waals surface area contributed by atoms with E-state index >= 15 is 0 Å². The van der Waals surface area contributed by atoms with Crippen molar-refractivity contribution >= 4 is 33.6 Å². The van der Waals surface area contributed by atoms with Crippen LogP contribution >= 0.6 is 22.7 Å². The van der Waals surface area contributed by atoms with Crippen LogP contribution in [-0.4, -0.2) is 9.97 Å². The van der Waals surface area contributed by atoms with E-state index in [1.165, 1.54) is 4.88 Å². The Kier molecular flexibility index (Phi) is 2.83. The van der Waals surface area contributed by atoms with Crippen LogP contribution in [0.1, 0.15) is 0 Å². The maximum Gasteiger partial charge on any atom is 0.170 e. The molecule has 0 bridgehead atoms. The molecule has 0 unspecified atom stereocenters. The van der Waals surface area contributed by atoms with Crippen molar-refractivity contribution in [1.29, 1.82) is 0 Å². The molecule has 0 fully saturated rings. The predicted octanol–water partition coefficient (Wildman–Crippen LogP) is 5.09. The standard InChI is InChI=1S/C16H10N2S2/c1-2-6-12-11(5-1)15(13-7-3-9-19-13)18-16(17-12)14-8-4-10-20-14/h1-10H. The lowest BCUT2D eigenvalue weighted by Gasteiger charge is -2.06. The molecular formula is C16H10N2S2. The number of para-hydroxylation sites is 1. The quantitative estimate of drug-likeness (QED) is 0.515. The van der Waals surface area contributed by atoms with Crippen molar-refractivity contribution in [2.45, 2.75) is 0 Å². The molecule has 1 aromatic carbocycles. The highest BCUT2D eigenvalue weighted by atomic mass is 32.1. The van der Waals surface area contributed by atoms with Crippen LogP contribution in [0.15, 0.2) is 59.3 Å². The Morgan fingerprint density at radius 3 is 2.20 bits per heavy atom. The minimum absolute atomic E-state index is 0.808. The number of benzene rings is 1. The fraction of sp³-hybridized carbons (Fsp3) is 0.